The highest BCUT2D eigenvalue weighted by molar-refractivity contribution is 5.98. The minimum atomic E-state index is -0.530. The fourth-order valence-corrected chi connectivity index (χ4v) is 2.45. The van der Waals surface area contributed by atoms with Gasteiger partial charge in [-0.2, -0.15) is 0 Å². The largest absolute Gasteiger partial charge is 0.457 e. The zero-order chi connectivity index (χ0) is 15.2. The number of nitro benzene ring substituents is 1. The molecule has 1 aromatic rings. The van der Waals surface area contributed by atoms with E-state index in [0.29, 0.717) is 5.56 Å². The van der Waals surface area contributed by atoms with Crippen molar-refractivity contribution in [1.82, 2.24) is 0 Å². The highest BCUT2D eigenvalue weighted by atomic mass is 16.6. The number of nitrogens with zero attached hydrogens (tertiary/aromatic N) is 1. The molecule has 1 fully saturated rings. The smallest absolute Gasteiger partial charge is 0.309 e. The Hall–Kier alpha value is -2.24. The zero-order valence-electron chi connectivity index (χ0n) is 11.6. The molecule has 0 amide bonds. The van der Waals surface area contributed by atoms with E-state index in [4.69, 9.17) is 4.74 Å². The third-order valence-electron chi connectivity index (χ3n) is 3.68. The van der Waals surface area contributed by atoms with Gasteiger partial charge >= 0.3 is 5.97 Å². The van der Waals surface area contributed by atoms with Crippen molar-refractivity contribution in [3.05, 3.63) is 39.9 Å². The number of rotatable bonds is 5. The summed E-state index contributed by atoms with van der Waals surface area (Å²) in [6, 6.07) is 5.26. The maximum absolute atomic E-state index is 11.9. The van der Waals surface area contributed by atoms with Gasteiger partial charge in [0.25, 0.3) is 5.69 Å². The van der Waals surface area contributed by atoms with Gasteiger partial charge in [0.1, 0.15) is 0 Å². The molecule has 2 rings (SSSR count). The van der Waals surface area contributed by atoms with Gasteiger partial charge in [0.2, 0.25) is 0 Å². The van der Waals surface area contributed by atoms with E-state index in [1.807, 2.05) is 0 Å². The second-order valence-electron chi connectivity index (χ2n) is 5.17. The van der Waals surface area contributed by atoms with Gasteiger partial charge in [-0.05, 0) is 25.0 Å². The lowest BCUT2D eigenvalue weighted by Crippen LogP contribution is -2.23. The number of esters is 1. The fraction of sp³-hybridized carbons (Fsp3) is 0.467. The number of Topliss-reactive ketones (excluding diaryl/α,β-unsaturated/α-hetero) is 1. The van der Waals surface area contributed by atoms with Crippen molar-refractivity contribution >= 4 is 17.4 Å². The summed E-state index contributed by atoms with van der Waals surface area (Å²) in [5, 5.41) is 10.5. The van der Waals surface area contributed by atoms with Gasteiger partial charge in [0.05, 0.1) is 10.8 Å². The minimum Gasteiger partial charge on any atom is -0.457 e. The van der Waals surface area contributed by atoms with Crippen molar-refractivity contribution in [2.24, 2.45) is 5.92 Å². The van der Waals surface area contributed by atoms with Crippen LogP contribution < -0.4 is 0 Å². The summed E-state index contributed by atoms with van der Waals surface area (Å²) in [5.74, 6) is -0.762. The molecule has 1 aliphatic rings. The molecule has 0 aromatic heterocycles. The number of ether oxygens (including phenoxy) is 1. The summed E-state index contributed by atoms with van der Waals surface area (Å²) in [7, 11) is 0. The molecule has 0 unspecified atom stereocenters. The summed E-state index contributed by atoms with van der Waals surface area (Å²) < 4.78 is 5.05. The Morgan fingerprint density at radius 2 is 1.76 bits per heavy atom. The first-order valence-corrected chi connectivity index (χ1v) is 7.02. The van der Waals surface area contributed by atoms with Crippen molar-refractivity contribution in [1.29, 1.82) is 0 Å². The zero-order valence-corrected chi connectivity index (χ0v) is 11.6. The Morgan fingerprint density at radius 3 is 2.33 bits per heavy atom. The van der Waals surface area contributed by atoms with Gasteiger partial charge in [-0.15, -0.1) is 0 Å². The quantitative estimate of drug-likeness (QED) is 0.360. The predicted octanol–water partition coefficient (Wildman–Crippen LogP) is 2.90. The van der Waals surface area contributed by atoms with Crippen LogP contribution in [-0.4, -0.2) is 23.3 Å². The van der Waals surface area contributed by atoms with Crippen molar-refractivity contribution < 1.29 is 19.2 Å². The van der Waals surface area contributed by atoms with Crippen molar-refractivity contribution in [3.8, 4) is 0 Å². The predicted molar refractivity (Wildman–Crippen MR) is 75.0 cm³/mol. The fourth-order valence-electron chi connectivity index (χ4n) is 2.45. The molecule has 0 radical (unpaired) electrons. The van der Waals surface area contributed by atoms with Crippen molar-refractivity contribution in [2.45, 2.75) is 32.1 Å². The summed E-state index contributed by atoms with van der Waals surface area (Å²) in [4.78, 5) is 33.7. The van der Waals surface area contributed by atoms with Crippen molar-refractivity contribution in [2.75, 3.05) is 6.61 Å². The molecule has 112 valence electrons. The number of hydrogen-bond acceptors (Lipinski definition) is 5. The Labute approximate surface area is 122 Å². The van der Waals surface area contributed by atoms with Crippen LogP contribution in [0.1, 0.15) is 42.5 Å². The summed E-state index contributed by atoms with van der Waals surface area (Å²) in [5.41, 5.74) is 0.225. The maximum Gasteiger partial charge on any atom is 0.309 e. The first kappa shape index (κ1) is 15.2. The van der Waals surface area contributed by atoms with E-state index in [-0.39, 0.29) is 30.0 Å². The van der Waals surface area contributed by atoms with Gasteiger partial charge in [0, 0.05) is 17.7 Å². The van der Waals surface area contributed by atoms with Crippen LogP contribution in [0.5, 0.6) is 0 Å². The number of carbonyl (C=O) groups excluding carboxylic acids is 2. The molecule has 0 heterocycles. The lowest BCUT2D eigenvalue weighted by atomic mass is 9.89. The normalized spacial score (nSPS) is 15.4. The molecule has 0 bridgehead atoms. The van der Waals surface area contributed by atoms with Crippen molar-refractivity contribution in [3.63, 3.8) is 0 Å². The number of non-ortho nitro benzene ring substituents is 1. The van der Waals surface area contributed by atoms with E-state index >= 15 is 0 Å². The molecular weight excluding hydrogens is 274 g/mol. The first-order valence-electron chi connectivity index (χ1n) is 7.02. The van der Waals surface area contributed by atoms with Gasteiger partial charge in [-0.25, -0.2) is 0 Å². The number of hydrogen-bond donors (Lipinski definition) is 0. The molecule has 1 aromatic carbocycles. The van der Waals surface area contributed by atoms with E-state index < -0.39 is 4.92 Å². The summed E-state index contributed by atoms with van der Waals surface area (Å²) in [6.45, 7) is -0.312. The van der Waals surface area contributed by atoms with E-state index in [9.17, 15) is 19.7 Å². The first-order chi connectivity index (χ1) is 10.1. The third-order valence-corrected chi connectivity index (χ3v) is 3.68. The maximum atomic E-state index is 11.9. The number of ketones is 1. The number of nitro groups is 1. The topological polar surface area (TPSA) is 86.5 Å². The monoisotopic (exact) mass is 291 g/mol. The van der Waals surface area contributed by atoms with E-state index in [1.54, 1.807) is 0 Å². The highest BCUT2D eigenvalue weighted by Crippen LogP contribution is 2.24. The molecule has 0 spiro atoms. The van der Waals surface area contributed by atoms with Crippen LogP contribution in [0.3, 0.4) is 0 Å². The minimum absolute atomic E-state index is 0.0780. The second kappa shape index (κ2) is 6.97. The van der Waals surface area contributed by atoms with Crippen LogP contribution in [0.25, 0.3) is 0 Å². The van der Waals surface area contributed by atoms with Gasteiger partial charge in [0.15, 0.2) is 12.4 Å². The highest BCUT2D eigenvalue weighted by Gasteiger charge is 2.23. The Kier molecular flexibility index (Phi) is 5.03. The Bertz CT molecular complexity index is 531. The van der Waals surface area contributed by atoms with Gasteiger partial charge in [-0.3, -0.25) is 19.7 Å². The molecule has 0 aliphatic heterocycles. The van der Waals surface area contributed by atoms with Crippen LogP contribution in [0.4, 0.5) is 5.69 Å². The van der Waals surface area contributed by atoms with E-state index in [1.165, 1.54) is 24.3 Å². The van der Waals surface area contributed by atoms with Crippen LogP contribution in [-0.2, 0) is 9.53 Å². The van der Waals surface area contributed by atoms with E-state index in [2.05, 4.69) is 0 Å². The molecule has 21 heavy (non-hydrogen) atoms. The summed E-state index contributed by atoms with van der Waals surface area (Å²) >= 11 is 0. The molecular formula is C15H17NO5. The van der Waals surface area contributed by atoms with Crippen LogP contribution in [0, 0.1) is 16.0 Å². The third kappa shape index (κ3) is 4.11. The standard InChI is InChI=1S/C15H17NO5/c17-14(11-6-8-13(9-7-11)16(19)20)10-21-15(18)12-4-2-1-3-5-12/h6-9,12H,1-5,10H2. The average molecular weight is 291 g/mol. The molecule has 0 N–H and O–H groups in total. The van der Waals surface area contributed by atoms with Crippen LogP contribution in [0.2, 0.25) is 0 Å². The SMILES string of the molecule is O=C(COC(=O)C1CCCCC1)c1ccc([N+](=O)[O-])cc1. The molecule has 1 aliphatic carbocycles. The Morgan fingerprint density at radius 1 is 1.14 bits per heavy atom. The average Bonchev–Trinajstić information content (AvgIpc) is 2.53. The molecule has 0 saturated heterocycles. The van der Waals surface area contributed by atoms with Gasteiger partial charge in [-0.1, -0.05) is 19.3 Å². The van der Waals surface area contributed by atoms with Crippen LogP contribution >= 0.6 is 0 Å². The number of benzene rings is 1. The number of carbonyl (C=O) groups is 2. The molecule has 6 nitrogen and oxygen atoms in total. The molecule has 6 heteroatoms. The molecule has 1 saturated carbocycles. The Balaban J connectivity index is 1.86. The second-order valence-corrected chi connectivity index (χ2v) is 5.17. The lowest BCUT2D eigenvalue weighted by Gasteiger charge is -2.19. The summed E-state index contributed by atoms with van der Waals surface area (Å²) in [6.07, 6.45) is 4.84. The van der Waals surface area contributed by atoms with E-state index in [0.717, 1.165) is 32.1 Å². The van der Waals surface area contributed by atoms with Gasteiger partial charge < -0.3 is 4.74 Å². The van der Waals surface area contributed by atoms with Crippen LogP contribution in [0.15, 0.2) is 24.3 Å². The molecule has 0 atom stereocenters. The lowest BCUT2D eigenvalue weighted by molar-refractivity contribution is -0.384.